The Balaban J connectivity index is 0.000000842. The number of anilines is 1. The van der Waals surface area contributed by atoms with Crippen LogP contribution in [-0.4, -0.2) is 43.9 Å². The summed E-state index contributed by atoms with van der Waals surface area (Å²) < 4.78 is 9.86. The average Bonchev–Trinajstić information content (AvgIpc) is 2.74. The molecular weight excluding hydrogens is 394 g/mol. The molecule has 0 aromatic heterocycles. The van der Waals surface area contributed by atoms with Crippen molar-refractivity contribution in [2.24, 2.45) is 5.92 Å². The highest BCUT2D eigenvalue weighted by Crippen LogP contribution is 2.22. The number of benzene rings is 1. The third-order valence-corrected chi connectivity index (χ3v) is 4.83. The van der Waals surface area contributed by atoms with Gasteiger partial charge in [-0.25, -0.2) is 4.79 Å². The van der Waals surface area contributed by atoms with E-state index in [1.165, 1.54) is 7.11 Å². The summed E-state index contributed by atoms with van der Waals surface area (Å²) in [4.78, 5) is 34.7. The van der Waals surface area contributed by atoms with E-state index >= 15 is 0 Å². The van der Waals surface area contributed by atoms with Crippen LogP contribution in [0.4, 0.5) is 5.69 Å². The van der Waals surface area contributed by atoms with Crippen molar-refractivity contribution in [1.82, 2.24) is 0 Å². The maximum atomic E-state index is 12.0. The van der Waals surface area contributed by atoms with Gasteiger partial charge in [0.05, 0.1) is 12.7 Å². The molecule has 6 nitrogen and oxygen atoms in total. The zero-order chi connectivity index (χ0) is 24.0. The summed E-state index contributed by atoms with van der Waals surface area (Å²) in [7, 11) is 2.98. The van der Waals surface area contributed by atoms with Crippen LogP contribution >= 0.6 is 0 Å². The zero-order valence-corrected chi connectivity index (χ0v) is 20.6. The highest BCUT2D eigenvalue weighted by molar-refractivity contribution is 6.00. The molecule has 0 heterocycles. The van der Waals surface area contributed by atoms with Crippen molar-refractivity contribution >= 4 is 23.2 Å². The lowest BCUT2D eigenvalue weighted by molar-refractivity contribution is -0.122. The van der Waals surface area contributed by atoms with Gasteiger partial charge < -0.3 is 14.8 Å². The van der Waals surface area contributed by atoms with Crippen molar-refractivity contribution in [3.8, 4) is 0 Å². The molecular formula is C25H41NO5. The van der Waals surface area contributed by atoms with Crippen LogP contribution in [0.5, 0.6) is 0 Å². The summed E-state index contributed by atoms with van der Waals surface area (Å²) >= 11 is 0. The Morgan fingerprint density at radius 3 is 2.13 bits per heavy atom. The molecule has 0 unspecified atom stereocenters. The number of methoxy groups -OCH3 is 2. The van der Waals surface area contributed by atoms with E-state index in [0.29, 0.717) is 29.9 Å². The fourth-order valence-corrected chi connectivity index (χ4v) is 2.75. The SMILES string of the molecule is CCC(=O)c1cc(NC(C)(C)CCOC)cc(C(=O)OC)c1.CCCCC(=O)C(C)C. The molecule has 0 aliphatic heterocycles. The Morgan fingerprint density at radius 2 is 1.65 bits per heavy atom. The number of carbonyl (C=O) groups is 3. The maximum absolute atomic E-state index is 12.0. The number of nitrogens with one attached hydrogen (secondary N) is 1. The second-order valence-corrected chi connectivity index (χ2v) is 8.54. The third-order valence-electron chi connectivity index (χ3n) is 4.83. The normalized spacial score (nSPS) is 10.9. The highest BCUT2D eigenvalue weighted by Gasteiger charge is 2.19. The minimum Gasteiger partial charge on any atom is -0.465 e. The smallest absolute Gasteiger partial charge is 0.337 e. The van der Waals surface area contributed by atoms with E-state index in [1.54, 1.807) is 32.2 Å². The number of rotatable bonds is 12. The predicted octanol–water partition coefficient (Wildman–Crippen LogP) is 5.69. The van der Waals surface area contributed by atoms with Crippen LogP contribution in [0.2, 0.25) is 0 Å². The highest BCUT2D eigenvalue weighted by atomic mass is 16.5. The van der Waals surface area contributed by atoms with Gasteiger partial charge >= 0.3 is 5.97 Å². The number of ether oxygens (including phenoxy) is 2. The van der Waals surface area contributed by atoms with E-state index in [0.717, 1.165) is 31.4 Å². The molecule has 1 rings (SSSR count). The molecule has 0 saturated heterocycles. The molecule has 1 aromatic rings. The van der Waals surface area contributed by atoms with Crippen LogP contribution in [0.3, 0.4) is 0 Å². The minimum atomic E-state index is -0.455. The van der Waals surface area contributed by atoms with Gasteiger partial charge in [-0.2, -0.15) is 0 Å². The van der Waals surface area contributed by atoms with Crippen molar-refractivity contribution in [1.29, 1.82) is 0 Å². The summed E-state index contributed by atoms with van der Waals surface area (Å²) in [6.45, 7) is 12.5. The first-order valence-electron chi connectivity index (χ1n) is 11.1. The number of carbonyl (C=O) groups excluding carboxylic acids is 3. The Morgan fingerprint density at radius 1 is 1.03 bits per heavy atom. The van der Waals surface area contributed by atoms with Gasteiger partial charge in [0.1, 0.15) is 5.78 Å². The van der Waals surface area contributed by atoms with Gasteiger partial charge in [-0.05, 0) is 44.9 Å². The summed E-state index contributed by atoms with van der Waals surface area (Å²) in [6, 6.07) is 5.05. The van der Waals surface area contributed by atoms with Crippen LogP contribution < -0.4 is 5.32 Å². The Labute approximate surface area is 188 Å². The fraction of sp³-hybridized carbons (Fsp3) is 0.640. The van der Waals surface area contributed by atoms with Gasteiger partial charge in [-0.15, -0.1) is 0 Å². The third kappa shape index (κ3) is 11.7. The standard InChI is InChI=1S/C17H25NO4.C8H16O/c1-6-15(19)12-9-13(16(20)22-5)11-14(10-12)18-17(2,3)7-8-21-4;1-4-5-6-8(9)7(2)3/h9-11,18H,6-8H2,1-5H3;7H,4-6H2,1-3H3. The van der Waals surface area contributed by atoms with Gasteiger partial charge in [0.25, 0.3) is 0 Å². The molecule has 0 radical (unpaired) electrons. The molecule has 0 fully saturated rings. The van der Waals surface area contributed by atoms with Crippen molar-refractivity contribution in [3.05, 3.63) is 29.3 Å². The number of hydrogen-bond acceptors (Lipinski definition) is 6. The van der Waals surface area contributed by atoms with Gasteiger partial charge in [-0.3, -0.25) is 9.59 Å². The van der Waals surface area contributed by atoms with E-state index < -0.39 is 5.97 Å². The number of esters is 1. The first-order chi connectivity index (χ1) is 14.5. The molecule has 1 N–H and O–H groups in total. The summed E-state index contributed by atoms with van der Waals surface area (Å²) in [5.74, 6) is 0.167. The molecule has 1 aromatic carbocycles. The van der Waals surface area contributed by atoms with Crippen LogP contribution in [0.1, 0.15) is 94.4 Å². The van der Waals surface area contributed by atoms with E-state index in [4.69, 9.17) is 9.47 Å². The molecule has 176 valence electrons. The van der Waals surface area contributed by atoms with E-state index in [9.17, 15) is 14.4 Å². The van der Waals surface area contributed by atoms with Crippen LogP contribution in [0.25, 0.3) is 0 Å². The topological polar surface area (TPSA) is 81.7 Å². The quantitative estimate of drug-likeness (QED) is 0.335. The zero-order valence-electron chi connectivity index (χ0n) is 20.6. The monoisotopic (exact) mass is 435 g/mol. The lowest BCUT2D eigenvalue weighted by Gasteiger charge is -2.27. The van der Waals surface area contributed by atoms with E-state index in [1.807, 2.05) is 27.7 Å². The van der Waals surface area contributed by atoms with Crippen molar-refractivity contribution in [2.75, 3.05) is 26.1 Å². The maximum Gasteiger partial charge on any atom is 0.337 e. The van der Waals surface area contributed by atoms with Crippen LogP contribution in [0, 0.1) is 5.92 Å². The van der Waals surface area contributed by atoms with Gasteiger partial charge in [-0.1, -0.05) is 34.1 Å². The van der Waals surface area contributed by atoms with E-state index in [2.05, 4.69) is 12.2 Å². The average molecular weight is 436 g/mol. The number of hydrogen-bond donors (Lipinski definition) is 1. The molecule has 0 spiro atoms. The largest absolute Gasteiger partial charge is 0.465 e. The lowest BCUT2D eigenvalue weighted by Crippen LogP contribution is -2.32. The lowest BCUT2D eigenvalue weighted by atomic mass is 9.99. The van der Waals surface area contributed by atoms with Crippen LogP contribution in [-0.2, 0) is 14.3 Å². The first kappa shape index (κ1) is 28.8. The molecule has 31 heavy (non-hydrogen) atoms. The number of ketones is 2. The fourth-order valence-electron chi connectivity index (χ4n) is 2.75. The van der Waals surface area contributed by atoms with Crippen molar-refractivity contribution in [2.45, 2.75) is 79.2 Å². The van der Waals surface area contributed by atoms with Gasteiger partial charge in [0.15, 0.2) is 5.78 Å². The summed E-state index contributed by atoms with van der Waals surface area (Å²) in [6.07, 6.45) is 4.13. The molecule has 0 amide bonds. The van der Waals surface area contributed by atoms with Crippen LogP contribution in [0.15, 0.2) is 18.2 Å². The number of Topliss-reactive ketones (excluding diaryl/α,β-unsaturated/α-hetero) is 2. The Kier molecular flexibility index (Phi) is 13.7. The number of unbranched alkanes of at least 4 members (excludes halogenated alkanes) is 1. The Bertz CT molecular complexity index is 676. The minimum absolute atomic E-state index is 0.0106. The van der Waals surface area contributed by atoms with E-state index in [-0.39, 0.29) is 17.2 Å². The molecule has 0 bridgehead atoms. The second-order valence-electron chi connectivity index (χ2n) is 8.54. The first-order valence-corrected chi connectivity index (χ1v) is 11.1. The molecule has 0 aliphatic carbocycles. The van der Waals surface area contributed by atoms with Crippen molar-refractivity contribution < 1.29 is 23.9 Å². The molecule has 6 heteroatoms. The Hall–Kier alpha value is -2.21. The molecule has 0 atom stereocenters. The van der Waals surface area contributed by atoms with Crippen molar-refractivity contribution in [3.63, 3.8) is 0 Å². The summed E-state index contributed by atoms with van der Waals surface area (Å²) in [5.41, 5.74) is 1.38. The summed E-state index contributed by atoms with van der Waals surface area (Å²) in [5, 5.41) is 3.35. The van der Waals surface area contributed by atoms with Gasteiger partial charge in [0, 0.05) is 49.3 Å². The second kappa shape index (κ2) is 14.7. The predicted molar refractivity (Wildman–Crippen MR) is 126 cm³/mol. The molecule has 0 saturated carbocycles. The van der Waals surface area contributed by atoms with Gasteiger partial charge in [0.2, 0.25) is 0 Å². The molecule has 0 aliphatic rings.